The fraction of sp³-hybridized carbons (Fsp3) is 0.550. The molecule has 144 valence electrons. The number of benzene rings is 1. The van der Waals surface area contributed by atoms with Crippen LogP contribution in [0.3, 0.4) is 0 Å². The molecule has 2 saturated carbocycles. The van der Waals surface area contributed by atoms with Crippen molar-refractivity contribution in [2.45, 2.75) is 56.4 Å². The maximum absolute atomic E-state index is 12.8. The van der Waals surface area contributed by atoms with Crippen LogP contribution in [0.2, 0.25) is 5.02 Å². The van der Waals surface area contributed by atoms with Crippen LogP contribution in [0.1, 0.15) is 56.4 Å². The van der Waals surface area contributed by atoms with Gasteiger partial charge in [0, 0.05) is 23.7 Å². The number of carbonyl (C=O) groups is 3. The van der Waals surface area contributed by atoms with E-state index in [4.69, 9.17) is 11.6 Å². The van der Waals surface area contributed by atoms with Gasteiger partial charge in [0.1, 0.15) is 5.54 Å². The van der Waals surface area contributed by atoms with Crippen molar-refractivity contribution in [1.29, 1.82) is 0 Å². The molecule has 0 aromatic heterocycles. The summed E-state index contributed by atoms with van der Waals surface area (Å²) in [5.41, 5.74) is 0.597. The highest BCUT2D eigenvalue weighted by Gasteiger charge is 2.43. The van der Waals surface area contributed by atoms with Gasteiger partial charge in [-0.3, -0.25) is 14.4 Å². The summed E-state index contributed by atoms with van der Waals surface area (Å²) in [6.45, 7) is 0.688. The lowest BCUT2D eigenvalue weighted by molar-refractivity contribution is -0.134. The normalized spacial score (nSPS) is 22.9. The van der Waals surface area contributed by atoms with Gasteiger partial charge >= 0.3 is 0 Å². The van der Waals surface area contributed by atoms with Gasteiger partial charge in [0.2, 0.25) is 17.7 Å². The van der Waals surface area contributed by atoms with Gasteiger partial charge in [-0.1, -0.05) is 24.4 Å². The fourth-order valence-corrected chi connectivity index (χ4v) is 4.30. The summed E-state index contributed by atoms with van der Waals surface area (Å²) in [7, 11) is 0. The predicted molar refractivity (Wildman–Crippen MR) is 103 cm³/mol. The first-order valence-corrected chi connectivity index (χ1v) is 10.0. The smallest absolute Gasteiger partial charge is 0.245 e. The molecule has 1 aromatic carbocycles. The summed E-state index contributed by atoms with van der Waals surface area (Å²) in [6, 6.07) is 5.18. The number of rotatable bonds is 6. The quantitative estimate of drug-likeness (QED) is 0.699. The summed E-state index contributed by atoms with van der Waals surface area (Å²) in [4.78, 5) is 37.8. The lowest BCUT2D eigenvalue weighted by Crippen LogP contribution is -2.57. The SMILES string of the molecule is O=C(CC1C(=O)Nc2ccc(Cl)cc21)NC1(C(=O)NCC2CC2)CCCC1. The summed E-state index contributed by atoms with van der Waals surface area (Å²) in [6.07, 6.45) is 5.47. The van der Waals surface area contributed by atoms with Crippen LogP contribution in [0, 0.1) is 5.92 Å². The Balaban J connectivity index is 1.44. The third kappa shape index (κ3) is 3.81. The molecule has 0 saturated heterocycles. The highest BCUT2D eigenvalue weighted by Crippen LogP contribution is 2.37. The number of amides is 3. The number of nitrogens with one attached hydrogen (secondary N) is 3. The van der Waals surface area contributed by atoms with E-state index in [0.29, 0.717) is 36.0 Å². The minimum absolute atomic E-state index is 0.0107. The largest absolute Gasteiger partial charge is 0.354 e. The lowest BCUT2D eigenvalue weighted by Gasteiger charge is -2.29. The molecular weight excluding hydrogens is 366 g/mol. The van der Waals surface area contributed by atoms with Gasteiger partial charge in [0.25, 0.3) is 0 Å². The summed E-state index contributed by atoms with van der Waals surface area (Å²) in [5, 5.41) is 9.29. The van der Waals surface area contributed by atoms with Crippen LogP contribution in [0.25, 0.3) is 0 Å². The molecule has 3 aliphatic rings. The molecule has 3 amide bonds. The molecule has 3 N–H and O–H groups in total. The van der Waals surface area contributed by atoms with Crippen LogP contribution in [-0.2, 0) is 14.4 Å². The topological polar surface area (TPSA) is 87.3 Å². The standard InChI is InChI=1S/C20H24ClN3O3/c21-13-5-6-16-14(9-13)15(18(26)23-16)10-17(25)24-20(7-1-2-8-20)19(27)22-11-12-3-4-12/h5-6,9,12,15H,1-4,7-8,10-11H2,(H,22,27)(H,23,26)(H,24,25). The molecule has 1 aliphatic heterocycles. The van der Waals surface area contributed by atoms with Crippen molar-refractivity contribution >= 4 is 35.0 Å². The molecule has 1 heterocycles. The first kappa shape index (κ1) is 18.3. The summed E-state index contributed by atoms with van der Waals surface area (Å²) >= 11 is 6.05. The van der Waals surface area contributed by atoms with Crippen LogP contribution in [-0.4, -0.2) is 29.8 Å². The van der Waals surface area contributed by atoms with Crippen LogP contribution in [0.15, 0.2) is 18.2 Å². The zero-order valence-corrected chi connectivity index (χ0v) is 15.9. The van der Waals surface area contributed by atoms with Crippen LogP contribution in [0.4, 0.5) is 5.69 Å². The molecule has 2 aliphatic carbocycles. The summed E-state index contributed by atoms with van der Waals surface area (Å²) in [5.74, 6) is -0.551. The van der Waals surface area contributed by atoms with Gasteiger partial charge in [-0.2, -0.15) is 0 Å². The van der Waals surface area contributed by atoms with E-state index in [-0.39, 0.29) is 24.1 Å². The maximum atomic E-state index is 12.8. The van der Waals surface area contributed by atoms with Gasteiger partial charge < -0.3 is 16.0 Å². The first-order chi connectivity index (χ1) is 13.0. The van der Waals surface area contributed by atoms with Crippen molar-refractivity contribution in [1.82, 2.24) is 10.6 Å². The molecule has 0 radical (unpaired) electrons. The molecule has 4 rings (SSSR count). The Kier molecular flexibility index (Phi) is 4.84. The Morgan fingerprint density at radius 1 is 1.22 bits per heavy atom. The zero-order valence-electron chi connectivity index (χ0n) is 15.1. The van der Waals surface area contributed by atoms with Crippen LogP contribution < -0.4 is 16.0 Å². The third-order valence-corrected chi connectivity index (χ3v) is 6.11. The molecule has 2 fully saturated rings. The Morgan fingerprint density at radius 3 is 2.67 bits per heavy atom. The van der Waals surface area contributed by atoms with Crippen molar-refractivity contribution in [3.05, 3.63) is 28.8 Å². The van der Waals surface area contributed by atoms with Gasteiger partial charge in [-0.25, -0.2) is 0 Å². The van der Waals surface area contributed by atoms with E-state index in [2.05, 4.69) is 16.0 Å². The second-order valence-electron chi connectivity index (χ2n) is 7.97. The van der Waals surface area contributed by atoms with E-state index in [0.717, 1.165) is 18.4 Å². The number of hydrogen-bond donors (Lipinski definition) is 3. The zero-order chi connectivity index (χ0) is 19.0. The molecule has 1 aromatic rings. The summed E-state index contributed by atoms with van der Waals surface area (Å²) < 4.78 is 0. The number of hydrogen-bond acceptors (Lipinski definition) is 3. The Morgan fingerprint density at radius 2 is 1.96 bits per heavy atom. The lowest BCUT2D eigenvalue weighted by atomic mass is 9.93. The van der Waals surface area contributed by atoms with E-state index >= 15 is 0 Å². The third-order valence-electron chi connectivity index (χ3n) is 5.87. The second kappa shape index (κ2) is 7.15. The average molecular weight is 390 g/mol. The monoisotopic (exact) mass is 389 g/mol. The molecule has 0 spiro atoms. The van der Waals surface area contributed by atoms with Gasteiger partial charge in [0.15, 0.2) is 0 Å². The molecule has 7 heteroatoms. The molecular formula is C20H24ClN3O3. The van der Waals surface area contributed by atoms with Crippen molar-refractivity contribution in [3.8, 4) is 0 Å². The molecule has 1 unspecified atom stereocenters. The first-order valence-electron chi connectivity index (χ1n) is 9.66. The Bertz CT molecular complexity index is 785. The number of carbonyl (C=O) groups excluding carboxylic acids is 3. The van der Waals surface area contributed by atoms with E-state index < -0.39 is 11.5 Å². The van der Waals surface area contributed by atoms with E-state index in [1.807, 2.05) is 0 Å². The van der Waals surface area contributed by atoms with Crippen molar-refractivity contribution in [2.24, 2.45) is 5.92 Å². The number of fused-ring (bicyclic) bond motifs is 1. The Labute approximate surface area is 163 Å². The van der Waals surface area contributed by atoms with Crippen molar-refractivity contribution in [2.75, 3.05) is 11.9 Å². The second-order valence-corrected chi connectivity index (χ2v) is 8.40. The fourth-order valence-electron chi connectivity index (χ4n) is 4.12. The molecule has 6 nitrogen and oxygen atoms in total. The Hall–Kier alpha value is -2.08. The predicted octanol–water partition coefficient (Wildman–Crippen LogP) is 2.72. The van der Waals surface area contributed by atoms with E-state index in [1.165, 1.54) is 12.8 Å². The molecule has 1 atom stereocenters. The average Bonchev–Trinajstić information content (AvgIpc) is 3.27. The highest BCUT2D eigenvalue weighted by molar-refractivity contribution is 6.31. The number of anilines is 1. The minimum Gasteiger partial charge on any atom is -0.354 e. The van der Waals surface area contributed by atoms with Gasteiger partial charge in [-0.05, 0) is 55.4 Å². The maximum Gasteiger partial charge on any atom is 0.245 e. The van der Waals surface area contributed by atoms with Crippen LogP contribution >= 0.6 is 11.6 Å². The van der Waals surface area contributed by atoms with E-state index in [1.54, 1.807) is 18.2 Å². The minimum atomic E-state index is -0.835. The van der Waals surface area contributed by atoms with Crippen LogP contribution in [0.5, 0.6) is 0 Å². The molecule has 0 bridgehead atoms. The van der Waals surface area contributed by atoms with Crippen molar-refractivity contribution < 1.29 is 14.4 Å². The molecule has 27 heavy (non-hydrogen) atoms. The van der Waals surface area contributed by atoms with Crippen molar-refractivity contribution in [3.63, 3.8) is 0 Å². The van der Waals surface area contributed by atoms with E-state index in [9.17, 15) is 14.4 Å². The van der Waals surface area contributed by atoms with Gasteiger partial charge in [-0.15, -0.1) is 0 Å². The van der Waals surface area contributed by atoms with Gasteiger partial charge in [0.05, 0.1) is 5.92 Å². The number of halogens is 1. The highest BCUT2D eigenvalue weighted by atomic mass is 35.5.